The average Bonchev–Trinajstić information content (AvgIpc) is 2.75. The van der Waals surface area contributed by atoms with Gasteiger partial charge >= 0.3 is 5.97 Å². The fourth-order valence-electron chi connectivity index (χ4n) is 3.85. The van der Waals surface area contributed by atoms with Crippen molar-refractivity contribution in [2.45, 2.75) is 25.7 Å². The molecule has 13 heavy (non-hydrogen) atoms. The van der Waals surface area contributed by atoms with Crippen LogP contribution in [0.5, 0.6) is 0 Å². The van der Waals surface area contributed by atoms with E-state index in [0.29, 0.717) is 17.8 Å². The summed E-state index contributed by atoms with van der Waals surface area (Å²) >= 11 is 0. The maximum absolute atomic E-state index is 11.1. The van der Waals surface area contributed by atoms with Gasteiger partial charge < -0.3 is 5.11 Å². The molecule has 3 aliphatic rings. The lowest BCUT2D eigenvalue weighted by atomic mass is 9.86. The van der Waals surface area contributed by atoms with E-state index in [1.54, 1.807) is 0 Å². The zero-order valence-electron chi connectivity index (χ0n) is 7.57. The van der Waals surface area contributed by atoms with Crippen LogP contribution < -0.4 is 0 Å². The summed E-state index contributed by atoms with van der Waals surface area (Å²) in [5.74, 6) is 0.963. The van der Waals surface area contributed by atoms with Crippen molar-refractivity contribution in [1.82, 2.24) is 0 Å². The van der Waals surface area contributed by atoms with Crippen LogP contribution in [0.15, 0.2) is 11.6 Å². The van der Waals surface area contributed by atoms with Gasteiger partial charge in [-0.3, -0.25) is 4.79 Å². The highest BCUT2D eigenvalue weighted by Crippen LogP contribution is 2.59. The van der Waals surface area contributed by atoms with Crippen LogP contribution in [0, 0.1) is 23.7 Å². The van der Waals surface area contributed by atoms with Gasteiger partial charge in [0.15, 0.2) is 0 Å². The monoisotopic (exact) mass is 178 g/mol. The van der Waals surface area contributed by atoms with Crippen LogP contribution in [0.2, 0.25) is 0 Å². The van der Waals surface area contributed by atoms with Crippen molar-refractivity contribution in [2.24, 2.45) is 23.7 Å². The number of rotatable bonds is 1. The normalized spacial score (nSPS) is 46.3. The number of carboxylic acids is 1. The lowest BCUT2D eigenvalue weighted by Crippen LogP contribution is -2.19. The summed E-state index contributed by atoms with van der Waals surface area (Å²) in [6, 6.07) is 0. The van der Waals surface area contributed by atoms with Gasteiger partial charge in [0.25, 0.3) is 0 Å². The van der Waals surface area contributed by atoms with Crippen LogP contribution in [0.4, 0.5) is 0 Å². The minimum Gasteiger partial charge on any atom is -0.481 e. The van der Waals surface area contributed by atoms with Crippen LogP contribution in [0.1, 0.15) is 25.7 Å². The van der Waals surface area contributed by atoms with Crippen molar-refractivity contribution >= 4 is 5.97 Å². The zero-order valence-corrected chi connectivity index (χ0v) is 7.57. The molecule has 1 N–H and O–H groups in total. The zero-order chi connectivity index (χ0) is 9.00. The van der Waals surface area contributed by atoms with Gasteiger partial charge in [0.05, 0.1) is 5.92 Å². The molecule has 2 fully saturated rings. The minimum absolute atomic E-state index is 0.0310. The van der Waals surface area contributed by atoms with Gasteiger partial charge in [0.1, 0.15) is 0 Å². The molecule has 0 aromatic heterocycles. The average molecular weight is 178 g/mol. The molecular formula is C11H14O2. The largest absolute Gasteiger partial charge is 0.481 e. The van der Waals surface area contributed by atoms with E-state index in [2.05, 4.69) is 6.08 Å². The summed E-state index contributed by atoms with van der Waals surface area (Å²) in [6.45, 7) is 0. The first-order valence-electron chi connectivity index (χ1n) is 5.22. The molecule has 0 aromatic carbocycles. The van der Waals surface area contributed by atoms with Gasteiger partial charge in [-0.1, -0.05) is 11.6 Å². The molecule has 3 aliphatic carbocycles. The van der Waals surface area contributed by atoms with Crippen LogP contribution in [-0.4, -0.2) is 11.1 Å². The van der Waals surface area contributed by atoms with E-state index >= 15 is 0 Å². The molecule has 4 unspecified atom stereocenters. The molecule has 0 saturated heterocycles. The van der Waals surface area contributed by atoms with Gasteiger partial charge in [-0.25, -0.2) is 0 Å². The molecule has 0 aliphatic heterocycles. The Hall–Kier alpha value is -0.790. The lowest BCUT2D eigenvalue weighted by molar-refractivity contribution is -0.143. The molecule has 2 bridgehead atoms. The van der Waals surface area contributed by atoms with Gasteiger partial charge in [-0.15, -0.1) is 0 Å². The lowest BCUT2D eigenvalue weighted by Gasteiger charge is -2.19. The molecule has 2 nitrogen and oxygen atoms in total. The van der Waals surface area contributed by atoms with Crippen LogP contribution in [-0.2, 0) is 4.79 Å². The van der Waals surface area contributed by atoms with E-state index in [1.807, 2.05) is 0 Å². The number of allylic oxidation sites excluding steroid dienone is 2. The number of carboxylic acid groups (broad SMARTS) is 1. The van der Waals surface area contributed by atoms with Crippen LogP contribution in [0.3, 0.4) is 0 Å². The summed E-state index contributed by atoms with van der Waals surface area (Å²) < 4.78 is 0. The van der Waals surface area contributed by atoms with E-state index in [4.69, 9.17) is 5.11 Å². The Morgan fingerprint density at radius 1 is 1.31 bits per heavy atom. The number of hydrogen-bond acceptors (Lipinski definition) is 1. The number of carbonyl (C=O) groups is 1. The molecule has 0 heterocycles. The van der Waals surface area contributed by atoms with Gasteiger partial charge in [-0.05, 0) is 43.4 Å². The van der Waals surface area contributed by atoms with Gasteiger partial charge in [0.2, 0.25) is 0 Å². The van der Waals surface area contributed by atoms with Crippen molar-refractivity contribution in [1.29, 1.82) is 0 Å². The molecule has 0 spiro atoms. The van der Waals surface area contributed by atoms with E-state index in [1.165, 1.54) is 18.4 Å². The van der Waals surface area contributed by atoms with Gasteiger partial charge in [-0.2, -0.15) is 0 Å². The maximum Gasteiger partial charge on any atom is 0.307 e. The van der Waals surface area contributed by atoms with Crippen molar-refractivity contribution in [3.05, 3.63) is 11.6 Å². The second kappa shape index (κ2) is 2.37. The Kier molecular flexibility index (Phi) is 1.38. The fraction of sp³-hybridized carbons (Fsp3) is 0.727. The van der Waals surface area contributed by atoms with Crippen LogP contribution in [0.25, 0.3) is 0 Å². The Morgan fingerprint density at radius 3 is 2.85 bits per heavy atom. The summed E-state index contributed by atoms with van der Waals surface area (Å²) in [6.07, 6.45) is 7.01. The highest BCUT2D eigenvalue weighted by molar-refractivity contribution is 5.73. The molecule has 3 rings (SSSR count). The van der Waals surface area contributed by atoms with Crippen molar-refractivity contribution in [3.63, 3.8) is 0 Å². The fourth-order valence-corrected chi connectivity index (χ4v) is 3.85. The molecule has 4 atom stereocenters. The summed E-state index contributed by atoms with van der Waals surface area (Å²) in [5.41, 5.74) is 1.50. The molecule has 2 saturated carbocycles. The van der Waals surface area contributed by atoms with E-state index in [9.17, 15) is 4.79 Å². The molecule has 0 amide bonds. The highest BCUT2D eigenvalue weighted by Gasteiger charge is 2.54. The number of hydrogen-bond donors (Lipinski definition) is 1. The smallest absolute Gasteiger partial charge is 0.307 e. The topological polar surface area (TPSA) is 37.3 Å². The number of fused-ring (bicyclic) bond motifs is 5. The van der Waals surface area contributed by atoms with E-state index < -0.39 is 5.97 Å². The Morgan fingerprint density at radius 2 is 2.15 bits per heavy atom. The third kappa shape index (κ3) is 0.812. The first kappa shape index (κ1) is 7.60. The first-order valence-corrected chi connectivity index (χ1v) is 5.22. The predicted octanol–water partition coefficient (Wildman–Crippen LogP) is 2.06. The van der Waals surface area contributed by atoms with Crippen molar-refractivity contribution in [2.75, 3.05) is 0 Å². The molecule has 0 radical (unpaired) electrons. The third-order valence-corrected chi connectivity index (χ3v) is 4.22. The van der Waals surface area contributed by atoms with Crippen molar-refractivity contribution < 1.29 is 9.90 Å². The Balaban J connectivity index is 2.00. The molecular weight excluding hydrogens is 164 g/mol. The van der Waals surface area contributed by atoms with E-state index in [-0.39, 0.29) is 5.92 Å². The second-order valence-electron chi connectivity index (χ2n) is 4.60. The van der Waals surface area contributed by atoms with Crippen molar-refractivity contribution in [3.8, 4) is 0 Å². The summed E-state index contributed by atoms with van der Waals surface area (Å²) in [5, 5.41) is 9.12. The third-order valence-electron chi connectivity index (χ3n) is 4.22. The Bertz CT molecular complexity index is 292. The number of aliphatic carboxylic acids is 1. The maximum atomic E-state index is 11.1. The highest BCUT2D eigenvalue weighted by atomic mass is 16.4. The van der Waals surface area contributed by atoms with Crippen LogP contribution >= 0.6 is 0 Å². The molecule has 2 heteroatoms. The summed E-state index contributed by atoms with van der Waals surface area (Å²) in [7, 11) is 0. The SMILES string of the molecule is O=C(O)C1C2CCC1C1CCC=C12. The molecule has 0 aromatic rings. The quantitative estimate of drug-likeness (QED) is 0.624. The summed E-state index contributed by atoms with van der Waals surface area (Å²) in [4.78, 5) is 11.1. The van der Waals surface area contributed by atoms with Gasteiger partial charge in [0, 0.05) is 0 Å². The standard InChI is InChI=1S/C11H14O2/c12-11(13)10-8-4-5-9(10)7-3-1-2-6(7)8/h2,7-10H,1,3-5H2,(H,12,13). The Labute approximate surface area is 77.6 Å². The second-order valence-corrected chi connectivity index (χ2v) is 4.60. The first-order chi connectivity index (χ1) is 6.29. The molecule has 70 valence electrons. The predicted molar refractivity (Wildman–Crippen MR) is 48.1 cm³/mol. The minimum atomic E-state index is -0.553. The van der Waals surface area contributed by atoms with E-state index in [0.717, 1.165) is 12.8 Å².